The first kappa shape index (κ1) is 20.9. The number of carbonyl (C=O) groups excluding carboxylic acids is 3. The fraction of sp³-hybridized carbons (Fsp3) is 0.450. The van der Waals surface area contributed by atoms with Gasteiger partial charge in [0.15, 0.2) is 0 Å². The molecule has 0 N–H and O–H groups in total. The summed E-state index contributed by atoms with van der Waals surface area (Å²) in [6.07, 6.45) is 4.97. The molecule has 3 rings (SSSR count). The molecule has 0 saturated heterocycles. The Bertz CT molecular complexity index is 795. The van der Waals surface area contributed by atoms with Crippen molar-refractivity contribution in [3.8, 4) is 0 Å². The fourth-order valence-electron chi connectivity index (χ4n) is 3.67. The first-order valence-electron chi connectivity index (χ1n) is 8.99. The Kier molecular flexibility index (Phi) is 6.81. The van der Waals surface area contributed by atoms with E-state index in [0.717, 1.165) is 6.42 Å². The molecule has 0 radical (unpaired) electrons. The Morgan fingerprint density at radius 3 is 2.68 bits per heavy atom. The number of allylic oxidation sites excluding steroid dienone is 2. The van der Waals surface area contributed by atoms with Crippen LogP contribution in [0.5, 0.6) is 0 Å². The van der Waals surface area contributed by atoms with E-state index in [1.165, 1.54) is 13.2 Å². The summed E-state index contributed by atoms with van der Waals surface area (Å²) in [4.78, 5) is 37.2. The van der Waals surface area contributed by atoms with Crippen molar-refractivity contribution in [2.45, 2.75) is 23.2 Å². The van der Waals surface area contributed by atoms with Gasteiger partial charge in [0.25, 0.3) is 0 Å². The molecule has 0 amide bonds. The van der Waals surface area contributed by atoms with Gasteiger partial charge in [-0.2, -0.15) is 0 Å². The van der Waals surface area contributed by atoms with Crippen molar-refractivity contribution in [1.82, 2.24) is 0 Å². The molecule has 1 aromatic rings. The van der Waals surface area contributed by atoms with Gasteiger partial charge in [-0.15, -0.1) is 0 Å². The molecule has 6 nitrogen and oxygen atoms in total. The van der Waals surface area contributed by atoms with Crippen LogP contribution in [0.15, 0.2) is 36.4 Å². The van der Waals surface area contributed by atoms with Gasteiger partial charge in [0, 0.05) is 0 Å². The molecule has 0 heterocycles. The molecule has 28 heavy (non-hydrogen) atoms. The maximum atomic E-state index is 12.5. The van der Waals surface area contributed by atoms with Gasteiger partial charge in [0.1, 0.15) is 0 Å². The SMILES string of the molecule is CCOC(=O)C(OC(=O)c1cccc(Cl)c1)[Se][C@@H]1[C@@H](C(=O)OC)[C@@H]2C=C[C@H]1C2. The minimum atomic E-state index is -1.04. The van der Waals surface area contributed by atoms with E-state index >= 15 is 0 Å². The minimum absolute atomic E-state index is 0.0866. The normalized spacial score (nSPS) is 26.0. The van der Waals surface area contributed by atoms with E-state index in [0.29, 0.717) is 5.02 Å². The topological polar surface area (TPSA) is 78.9 Å². The first-order chi connectivity index (χ1) is 13.4. The molecule has 2 aliphatic carbocycles. The molecule has 150 valence electrons. The molecule has 0 aliphatic heterocycles. The van der Waals surface area contributed by atoms with Crippen LogP contribution in [0.1, 0.15) is 23.7 Å². The Labute approximate surface area is 174 Å². The average molecular weight is 472 g/mol. The van der Waals surface area contributed by atoms with Crippen LogP contribution in [0.25, 0.3) is 0 Å². The molecule has 1 fully saturated rings. The molecule has 0 aromatic heterocycles. The summed E-state index contributed by atoms with van der Waals surface area (Å²) >= 11 is 5.44. The number of methoxy groups -OCH3 is 1. The van der Waals surface area contributed by atoms with Gasteiger partial charge in [-0.05, 0) is 0 Å². The number of rotatable bonds is 7. The van der Waals surface area contributed by atoms with E-state index in [1.54, 1.807) is 25.1 Å². The molecule has 1 aromatic carbocycles. The van der Waals surface area contributed by atoms with Crippen molar-refractivity contribution >= 4 is 44.5 Å². The summed E-state index contributed by atoms with van der Waals surface area (Å²) in [6, 6.07) is 6.34. The molecule has 0 spiro atoms. The molecule has 8 heteroatoms. The maximum absolute atomic E-state index is 12.5. The van der Waals surface area contributed by atoms with Gasteiger partial charge in [0.05, 0.1) is 0 Å². The van der Waals surface area contributed by atoms with Crippen molar-refractivity contribution in [1.29, 1.82) is 0 Å². The van der Waals surface area contributed by atoms with Crippen LogP contribution in [0, 0.1) is 17.8 Å². The van der Waals surface area contributed by atoms with Crippen molar-refractivity contribution in [2.24, 2.45) is 17.8 Å². The summed E-state index contributed by atoms with van der Waals surface area (Å²) in [5, 5.41) is -0.638. The first-order valence-corrected chi connectivity index (χ1v) is 11.3. The third kappa shape index (κ3) is 4.43. The van der Waals surface area contributed by atoms with E-state index in [1.807, 2.05) is 6.08 Å². The Morgan fingerprint density at radius 2 is 2.00 bits per heavy atom. The second kappa shape index (κ2) is 9.12. The predicted octanol–water partition coefficient (Wildman–Crippen LogP) is 2.87. The molecule has 1 saturated carbocycles. The molecule has 2 bridgehead atoms. The molecular formula is C20H21ClO6Se. The second-order valence-electron chi connectivity index (χ2n) is 6.60. The van der Waals surface area contributed by atoms with Gasteiger partial charge in [-0.25, -0.2) is 0 Å². The summed E-state index contributed by atoms with van der Waals surface area (Å²) in [5.41, 5.74) is 0.259. The number of ether oxygens (including phenoxy) is 3. The predicted molar refractivity (Wildman–Crippen MR) is 103 cm³/mol. The Hall–Kier alpha value is -1.82. The third-order valence-corrected chi connectivity index (χ3v) is 8.26. The summed E-state index contributed by atoms with van der Waals surface area (Å²) in [6.45, 7) is 1.87. The van der Waals surface area contributed by atoms with E-state index in [4.69, 9.17) is 25.8 Å². The van der Waals surface area contributed by atoms with Gasteiger partial charge in [-0.3, -0.25) is 0 Å². The fourth-order valence-corrected chi connectivity index (χ4v) is 7.00. The van der Waals surface area contributed by atoms with E-state index in [9.17, 15) is 14.4 Å². The monoisotopic (exact) mass is 472 g/mol. The third-order valence-electron chi connectivity index (χ3n) is 4.89. The zero-order chi connectivity index (χ0) is 20.3. The van der Waals surface area contributed by atoms with Crippen LogP contribution < -0.4 is 0 Å². The summed E-state index contributed by atoms with van der Waals surface area (Å²) in [5.74, 6) is -1.55. The second-order valence-corrected chi connectivity index (χ2v) is 9.65. The zero-order valence-electron chi connectivity index (χ0n) is 15.5. The van der Waals surface area contributed by atoms with E-state index in [2.05, 4.69) is 6.08 Å². The van der Waals surface area contributed by atoms with Crippen LogP contribution in [-0.2, 0) is 23.8 Å². The van der Waals surface area contributed by atoms with Crippen LogP contribution in [0.2, 0.25) is 9.84 Å². The Morgan fingerprint density at radius 1 is 1.25 bits per heavy atom. The van der Waals surface area contributed by atoms with Crippen LogP contribution in [0.4, 0.5) is 0 Å². The summed E-state index contributed by atoms with van der Waals surface area (Å²) in [7, 11) is 1.37. The summed E-state index contributed by atoms with van der Waals surface area (Å²) < 4.78 is 15.6. The zero-order valence-corrected chi connectivity index (χ0v) is 18.0. The van der Waals surface area contributed by atoms with Crippen LogP contribution in [0.3, 0.4) is 0 Å². The molecule has 1 unspecified atom stereocenters. The number of hydrogen-bond acceptors (Lipinski definition) is 6. The standard InChI is InChI=1S/C20H21ClO6Se/c1-3-26-19(24)20(27-17(22)13-5-4-6-14(21)10-13)28-16-12-8-7-11(9-12)15(16)18(23)25-2/h4-8,10-12,15-16,20H,3,9H2,1-2H3/t11-,12+,15+,16+,20?/m1/s1. The number of fused-ring (bicyclic) bond motifs is 2. The van der Waals surface area contributed by atoms with E-state index < -0.39 is 31.9 Å². The number of benzene rings is 1. The average Bonchev–Trinajstić information content (AvgIpc) is 3.28. The number of hydrogen-bond donors (Lipinski definition) is 0. The number of esters is 3. The van der Waals surface area contributed by atoms with Crippen molar-refractivity contribution < 1.29 is 28.6 Å². The number of carbonyl (C=O) groups is 3. The van der Waals surface area contributed by atoms with Crippen molar-refractivity contribution in [2.75, 3.05) is 13.7 Å². The van der Waals surface area contributed by atoms with Gasteiger partial charge in [-0.1, -0.05) is 0 Å². The van der Waals surface area contributed by atoms with Crippen LogP contribution >= 0.6 is 11.6 Å². The Balaban J connectivity index is 1.78. The molecular weight excluding hydrogens is 451 g/mol. The number of halogens is 1. The van der Waals surface area contributed by atoms with Gasteiger partial charge < -0.3 is 0 Å². The quantitative estimate of drug-likeness (QED) is 0.263. The van der Waals surface area contributed by atoms with Crippen molar-refractivity contribution in [3.63, 3.8) is 0 Å². The van der Waals surface area contributed by atoms with Crippen LogP contribution in [-0.4, -0.2) is 51.6 Å². The van der Waals surface area contributed by atoms with Crippen molar-refractivity contribution in [3.05, 3.63) is 47.0 Å². The van der Waals surface area contributed by atoms with Gasteiger partial charge >= 0.3 is 175 Å². The molecule has 5 atom stereocenters. The van der Waals surface area contributed by atoms with E-state index in [-0.39, 0.29) is 40.7 Å². The van der Waals surface area contributed by atoms with Gasteiger partial charge in [0.2, 0.25) is 0 Å². The molecule has 2 aliphatic rings.